The first kappa shape index (κ1) is 9.25. The molecule has 0 radical (unpaired) electrons. The van der Waals surface area contributed by atoms with Crippen LogP contribution in [0.25, 0.3) is 0 Å². The maximum atomic E-state index is 9.20. The third kappa shape index (κ3) is 4.73. The first-order valence-corrected chi connectivity index (χ1v) is 3.96. The molecular weight excluding hydrogens is 136 g/mol. The average Bonchev–Trinajstić information content (AvgIpc) is 1.82. The molecule has 2 heteroatoms. The molecule has 0 bridgehead atoms. The normalized spacial score (nSPS) is 14.3. The predicted octanol–water partition coefficient (Wildman–Crippen LogP) is 2.02. The largest absolute Gasteiger partial charge is 0.393 e. The maximum absolute atomic E-state index is 9.20. The van der Waals surface area contributed by atoms with Gasteiger partial charge in [0.2, 0.25) is 0 Å². The van der Waals surface area contributed by atoms with E-state index in [-0.39, 0.29) is 6.10 Å². The number of alkyl halides is 1. The van der Waals surface area contributed by atoms with Crippen molar-refractivity contribution in [3.8, 4) is 0 Å². The predicted molar refractivity (Wildman–Crippen MR) is 40.8 cm³/mol. The lowest BCUT2D eigenvalue weighted by molar-refractivity contribution is 0.115. The van der Waals surface area contributed by atoms with Gasteiger partial charge in [-0.2, -0.15) is 0 Å². The zero-order valence-corrected chi connectivity index (χ0v) is 6.86. The van der Waals surface area contributed by atoms with Gasteiger partial charge in [0.25, 0.3) is 0 Å². The summed E-state index contributed by atoms with van der Waals surface area (Å²) < 4.78 is 0. The van der Waals surface area contributed by atoms with Gasteiger partial charge in [0.1, 0.15) is 0 Å². The lowest BCUT2D eigenvalue weighted by Gasteiger charge is -2.12. The summed E-state index contributed by atoms with van der Waals surface area (Å²) in [7, 11) is 0. The lowest BCUT2D eigenvalue weighted by atomic mass is 10.0. The highest BCUT2D eigenvalue weighted by Crippen LogP contribution is 2.07. The van der Waals surface area contributed by atoms with Crippen molar-refractivity contribution < 1.29 is 5.11 Å². The number of hydrogen-bond donors (Lipinski definition) is 1. The molecule has 9 heavy (non-hydrogen) atoms. The molecule has 1 N–H and O–H groups in total. The first-order chi connectivity index (χ1) is 4.18. The van der Waals surface area contributed by atoms with Crippen molar-refractivity contribution in [2.24, 2.45) is 5.92 Å². The first-order valence-electron chi connectivity index (χ1n) is 3.42. The third-order valence-corrected chi connectivity index (χ3v) is 1.67. The van der Waals surface area contributed by atoms with Gasteiger partial charge in [-0.25, -0.2) is 0 Å². The maximum Gasteiger partial charge on any atom is 0.0563 e. The van der Waals surface area contributed by atoms with Crippen LogP contribution in [0.15, 0.2) is 0 Å². The van der Waals surface area contributed by atoms with Crippen LogP contribution in [-0.4, -0.2) is 17.1 Å². The molecule has 1 atom stereocenters. The monoisotopic (exact) mass is 150 g/mol. The summed E-state index contributed by atoms with van der Waals surface area (Å²) in [5.74, 6) is 1.03. The molecule has 1 unspecified atom stereocenters. The zero-order valence-electron chi connectivity index (χ0n) is 6.10. The highest BCUT2D eigenvalue weighted by Gasteiger charge is 2.06. The van der Waals surface area contributed by atoms with Crippen molar-refractivity contribution in [1.29, 1.82) is 0 Å². The molecule has 0 spiro atoms. The smallest absolute Gasteiger partial charge is 0.0563 e. The van der Waals surface area contributed by atoms with Crippen LogP contribution in [0.2, 0.25) is 0 Å². The van der Waals surface area contributed by atoms with Gasteiger partial charge in [0.05, 0.1) is 6.10 Å². The van der Waals surface area contributed by atoms with Gasteiger partial charge in [0, 0.05) is 5.88 Å². The summed E-state index contributed by atoms with van der Waals surface area (Å²) in [5.41, 5.74) is 0. The molecular formula is C7H15ClO. The molecule has 1 nitrogen and oxygen atoms in total. The summed E-state index contributed by atoms with van der Waals surface area (Å²) in [6.45, 7) is 4.03. The minimum atomic E-state index is -0.163. The summed E-state index contributed by atoms with van der Waals surface area (Å²) in [5, 5.41) is 9.20. The fourth-order valence-electron chi connectivity index (χ4n) is 0.620. The second kappa shape index (κ2) is 5.07. The van der Waals surface area contributed by atoms with E-state index in [1.54, 1.807) is 0 Å². The van der Waals surface area contributed by atoms with E-state index in [9.17, 15) is 5.11 Å². The van der Waals surface area contributed by atoms with E-state index in [1.807, 2.05) is 13.8 Å². The lowest BCUT2D eigenvalue weighted by Crippen LogP contribution is -2.14. The molecule has 56 valence electrons. The average molecular weight is 151 g/mol. The summed E-state index contributed by atoms with van der Waals surface area (Å²) >= 11 is 5.44. The molecule has 0 saturated heterocycles. The Hall–Kier alpha value is 0.250. The second-order valence-corrected chi connectivity index (χ2v) is 3.02. The third-order valence-electron chi connectivity index (χ3n) is 1.40. The van der Waals surface area contributed by atoms with E-state index < -0.39 is 0 Å². The minimum absolute atomic E-state index is 0.163. The Balaban J connectivity index is 3.16. The van der Waals surface area contributed by atoms with E-state index >= 15 is 0 Å². The van der Waals surface area contributed by atoms with Crippen LogP contribution in [0.5, 0.6) is 0 Å². The topological polar surface area (TPSA) is 20.2 Å². The molecule has 0 amide bonds. The Morgan fingerprint density at radius 3 is 2.33 bits per heavy atom. The molecule has 0 saturated carbocycles. The van der Waals surface area contributed by atoms with Crippen molar-refractivity contribution in [2.45, 2.75) is 32.8 Å². The van der Waals surface area contributed by atoms with Crippen molar-refractivity contribution >= 4 is 11.6 Å². The molecule has 0 aliphatic carbocycles. The fraction of sp³-hybridized carbons (Fsp3) is 1.00. The zero-order chi connectivity index (χ0) is 7.28. The molecule has 0 rings (SSSR count). The van der Waals surface area contributed by atoms with Crippen LogP contribution in [-0.2, 0) is 0 Å². The SMILES string of the molecule is CC(C)C(O)CCCCl. The van der Waals surface area contributed by atoms with Gasteiger partial charge in [-0.15, -0.1) is 11.6 Å². The van der Waals surface area contributed by atoms with Crippen molar-refractivity contribution in [1.82, 2.24) is 0 Å². The van der Waals surface area contributed by atoms with E-state index in [0.717, 1.165) is 12.8 Å². The summed E-state index contributed by atoms with van der Waals surface area (Å²) in [6.07, 6.45) is 1.59. The van der Waals surface area contributed by atoms with Crippen molar-refractivity contribution in [3.05, 3.63) is 0 Å². The van der Waals surface area contributed by atoms with Gasteiger partial charge < -0.3 is 5.11 Å². The van der Waals surface area contributed by atoms with Gasteiger partial charge in [-0.3, -0.25) is 0 Å². The Bertz CT molecular complexity index is 63.9. The molecule has 0 aliphatic heterocycles. The number of hydrogen-bond acceptors (Lipinski definition) is 1. The molecule has 0 aromatic heterocycles. The van der Waals surface area contributed by atoms with Gasteiger partial charge in [0.15, 0.2) is 0 Å². The Morgan fingerprint density at radius 2 is 2.00 bits per heavy atom. The molecule has 0 aliphatic rings. The van der Waals surface area contributed by atoms with Crippen LogP contribution in [0, 0.1) is 5.92 Å². The Kier molecular flexibility index (Phi) is 5.21. The standard InChI is InChI=1S/C7H15ClO/c1-6(2)7(9)4-3-5-8/h6-7,9H,3-5H2,1-2H3. The quantitative estimate of drug-likeness (QED) is 0.608. The van der Waals surface area contributed by atoms with Crippen molar-refractivity contribution in [3.63, 3.8) is 0 Å². The number of halogens is 1. The van der Waals surface area contributed by atoms with E-state index in [1.165, 1.54) is 0 Å². The molecule has 0 heterocycles. The van der Waals surface area contributed by atoms with E-state index in [0.29, 0.717) is 11.8 Å². The van der Waals surface area contributed by atoms with Crippen LogP contribution < -0.4 is 0 Å². The summed E-state index contributed by atoms with van der Waals surface area (Å²) in [4.78, 5) is 0. The number of aliphatic hydroxyl groups is 1. The van der Waals surface area contributed by atoms with Crippen LogP contribution in [0.1, 0.15) is 26.7 Å². The van der Waals surface area contributed by atoms with E-state index in [4.69, 9.17) is 11.6 Å². The van der Waals surface area contributed by atoms with Gasteiger partial charge in [-0.05, 0) is 18.8 Å². The van der Waals surface area contributed by atoms with Gasteiger partial charge in [-0.1, -0.05) is 13.8 Å². The highest BCUT2D eigenvalue weighted by atomic mass is 35.5. The Labute approximate surface area is 62.0 Å². The number of rotatable bonds is 4. The van der Waals surface area contributed by atoms with Gasteiger partial charge >= 0.3 is 0 Å². The second-order valence-electron chi connectivity index (χ2n) is 2.64. The number of aliphatic hydroxyl groups excluding tert-OH is 1. The van der Waals surface area contributed by atoms with Crippen LogP contribution >= 0.6 is 11.6 Å². The van der Waals surface area contributed by atoms with Crippen LogP contribution in [0.3, 0.4) is 0 Å². The highest BCUT2D eigenvalue weighted by molar-refractivity contribution is 6.17. The molecule has 0 aromatic rings. The molecule has 0 aromatic carbocycles. The van der Waals surface area contributed by atoms with Crippen molar-refractivity contribution in [2.75, 3.05) is 5.88 Å². The van der Waals surface area contributed by atoms with Crippen LogP contribution in [0.4, 0.5) is 0 Å². The minimum Gasteiger partial charge on any atom is -0.393 e. The fourth-order valence-corrected chi connectivity index (χ4v) is 0.774. The molecule has 0 fully saturated rings. The Morgan fingerprint density at radius 1 is 1.44 bits per heavy atom. The van der Waals surface area contributed by atoms with E-state index in [2.05, 4.69) is 0 Å². The summed E-state index contributed by atoms with van der Waals surface area (Å²) in [6, 6.07) is 0.